The zero-order valence-corrected chi connectivity index (χ0v) is 13.9. The third kappa shape index (κ3) is 6.15. The Morgan fingerprint density at radius 2 is 1.90 bits per heavy atom. The molecule has 0 radical (unpaired) electrons. The van der Waals surface area contributed by atoms with E-state index >= 15 is 0 Å². The lowest BCUT2D eigenvalue weighted by Gasteiger charge is -2.21. The van der Waals surface area contributed by atoms with E-state index in [-0.39, 0.29) is 5.91 Å². The molecule has 0 aliphatic carbocycles. The Bertz CT molecular complexity index is 409. The van der Waals surface area contributed by atoms with Crippen LogP contribution in [0.3, 0.4) is 0 Å². The minimum atomic E-state index is 0.0833. The van der Waals surface area contributed by atoms with Gasteiger partial charge in [-0.3, -0.25) is 4.79 Å². The first-order chi connectivity index (χ1) is 10.1. The van der Waals surface area contributed by atoms with Gasteiger partial charge in [-0.05, 0) is 37.3 Å². The maximum atomic E-state index is 12.4. The van der Waals surface area contributed by atoms with E-state index in [1.165, 1.54) is 0 Å². The topological polar surface area (TPSA) is 45.2 Å². The van der Waals surface area contributed by atoms with Crippen molar-refractivity contribution in [3.63, 3.8) is 0 Å². The number of carbonyl (C=O) groups excluding carboxylic acids is 1. The van der Waals surface area contributed by atoms with Gasteiger partial charge in [0.1, 0.15) is 5.82 Å². The predicted octanol–water partition coefficient (Wildman–Crippen LogP) is 3.80. The van der Waals surface area contributed by atoms with Crippen molar-refractivity contribution in [1.82, 2.24) is 9.88 Å². The predicted molar refractivity (Wildman–Crippen MR) is 88.7 cm³/mol. The number of amides is 1. The molecule has 0 saturated carbocycles. The molecule has 0 unspecified atom stereocenters. The van der Waals surface area contributed by atoms with E-state index in [0.717, 1.165) is 44.7 Å². The standard InChI is InChI=1S/C17H29N3O/c1-5-11-20(12-6-2)17(21)15-7-8-16(19-13-15)18-10-9-14(3)4/h7-8,13-14H,5-6,9-12H2,1-4H3,(H,18,19). The Morgan fingerprint density at radius 1 is 1.24 bits per heavy atom. The Kier molecular flexibility index (Phi) is 7.80. The number of anilines is 1. The summed E-state index contributed by atoms with van der Waals surface area (Å²) < 4.78 is 0. The van der Waals surface area contributed by atoms with Gasteiger partial charge < -0.3 is 10.2 Å². The maximum absolute atomic E-state index is 12.4. The van der Waals surface area contributed by atoms with Crippen molar-refractivity contribution in [3.05, 3.63) is 23.9 Å². The van der Waals surface area contributed by atoms with Crippen molar-refractivity contribution in [2.24, 2.45) is 5.92 Å². The van der Waals surface area contributed by atoms with Crippen LogP contribution < -0.4 is 5.32 Å². The van der Waals surface area contributed by atoms with E-state index in [1.807, 2.05) is 17.0 Å². The second-order valence-electron chi connectivity index (χ2n) is 5.83. The van der Waals surface area contributed by atoms with Crippen LogP contribution in [-0.2, 0) is 0 Å². The van der Waals surface area contributed by atoms with Crippen molar-refractivity contribution in [2.75, 3.05) is 25.0 Å². The highest BCUT2D eigenvalue weighted by Gasteiger charge is 2.14. The average molecular weight is 291 g/mol. The zero-order chi connectivity index (χ0) is 15.7. The van der Waals surface area contributed by atoms with E-state index in [1.54, 1.807) is 6.20 Å². The molecule has 4 heteroatoms. The van der Waals surface area contributed by atoms with Crippen molar-refractivity contribution >= 4 is 11.7 Å². The Morgan fingerprint density at radius 3 is 2.38 bits per heavy atom. The fraction of sp³-hybridized carbons (Fsp3) is 0.647. The number of rotatable bonds is 9. The molecule has 1 amide bonds. The lowest BCUT2D eigenvalue weighted by molar-refractivity contribution is 0.0755. The normalized spacial score (nSPS) is 10.7. The number of nitrogens with one attached hydrogen (secondary N) is 1. The van der Waals surface area contributed by atoms with Crippen LogP contribution in [0.2, 0.25) is 0 Å². The summed E-state index contributed by atoms with van der Waals surface area (Å²) in [6.07, 6.45) is 4.75. The molecule has 1 N–H and O–H groups in total. The highest BCUT2D eigenvalue weighted by molar-refractivity contribution is 5.94. The van der Waals surface area contributed by atoms with Crippen LogP contribution in [0.25, 0.3) is 0 Å². The summed E-state index contributed by atoms with van der Waals surface area (Å²) in [4.78, 5) is 18.7. The first-order valence-corrected chi connectivity index (χ1v) is 8.07. The smallest absolute Gasteiger partial charge is 0.255 e. The Balaban J connectivity index is 2.61. The third-order valence-electron chi connectivity index (χ3n) is 3.31. The van der Waals surface area contributed by atoms with Crippen molar-refractivity contribution in [3.8, 4) is 0 Å². The minimum absolute atomic E-state index is 0.0833. The van der Waals surface area contributed by atoms with Gasteiger partial charge >= 0.3 is 0 Å². The number of carbonyl (C=O) groups is 1. The van der Waals surface area contributed by atoms with Crippen LogP contribution in [0.1, 0.15) is 57.3 Å². The van der Waals surface area contributed by atoms with Gasteiger partial charge in [-0.2, -0.15) is 0 Å². The highest BCUT2D eigenvalue weighted by atomic mass is 16.2. The summed E-state index contributed by atoms with van der Waals surface area (Å²) in [6, 6.07) is 3.76. The number of aromatic nitrogens is 1. The summed E-state index contributed by atoms with van der Waals surface area (Å²) >= 11 is 0. The Hall–Kier alpha value is -1.58. The van der Waals surface area contributed by atoms with Crippen LogP contribution in [0.5, 0.6) is 0 Å². The zero-order valence-electron chi connectivity index (χ0n) is 13.9. The first kappa shape index (κ1) is 17.5. The molecule has 21 heavy (non-hydrogen) atoms. The monoisotopic (exact) mass is 291 g/mol. The van der Waals surface area contributed by atoms with Crippen LogP contribution in [0.15, 0.2) is 18.3 Å². The number of pyridine rings is 1. The van der Waals surface area contributed by atoms with Crippen molar-refractivity contribution in [1.29, 1.82) is 0 Å². The van der Waals surface area contributed by atoms with Gasteiger partial charge in [-0.1, -0.05) is 27.7 Å². The van der Waals surface area contributed by atoms with E-state index in [9.17, 15) is 4.79 Å². The van der Waals surface area contributed by atoms with Crippen LogP contribution >= 0.6 is 0 Å². The second kappa shape index (κ2) is 9.37. The summed E-state index contributed by atoms with van der Waals surface area (Å²) in [5.74, 6) is 1.60. The molecule has 118 valence electrons. The lowest BCUT2D eigenvalue weighted by Crippen LogP contribution is -2.32. The second-order valence-corrected chi connectivity index (χ2v) is 5.83. The van der Waals surface area contributed by atoms with Crippen LogP contribution in [0.4, 0.5) is 5.82 Å². The molecule has 1 rings (SSSR count). The number of nitrogens with zero attached hydrogens (tertiary/aromatic N) is 2. The molecule has 1 aromatic heterocycles. The first-order valence-electron chi connectivity index (χ1n) is 8.07. The van der Waals surface area contributed by atoms with Gasteiger partial charge in [0.25, 0.3) is 5.91 Å². The molecule has 0 saturated heterocycles. The van der Waals surface area contributed by atoms with E-state index in [4.69, 9.17) is 0 Å². The molecule has 0 bridgehead atoms. The minimum Gasteiger partial charge on any atom is -0.370 e. The van der Waals surface area contributed by atoms with Gasteiger partial charge in [0.2, 0.25) is 0 Å². The van der Waals surface area contributed by atoms with Gasteiger partial charge in [-0.25, -0.2) is 4.98 Å². The average Bonchev–Trinajstić information content (AvgIpc) is 2.47. The van der Waals surface area contributed by atoms with Crippen LogP contribution in [0, 0.1) is 5.92 Å². The highest BCUT2D eigenvalue weighted by Crippen LogP contribution is 2.10. The fourth-order valence-corrected chi connectivity index (χ4v) is 2.15. The molecule has 0 atom stereocenters. The molecule has 0 aliphatic heterocycles. The fourth-order valence-electron chi connectivity index (χ4n) is 2.15. The molecule has 0 fully saturated rings. The van der Waals surface area contributed by atoms with E-state index in [2.05, 4.69) is 38.0 Å². The van der Waals surface area contributed by atoms with E-state index in [0.29, 0.717) is 11.5 Å². The molecule has 0 aromatic carbocycles. The summed E-state index contributed by atoms with van der Waals surface area (Å²) in [7, 11) is 0. The molecule has 4 nitrogen and oxygen atoms in total. The molecular weight excluding hydrogens is 262 g/mol. The lowest BCUT2D eigenvalue weighted by atomic mass is 10.1. The SMILES string of the molecule is CCCN(CCC)C(=O)c1ccc(NCCC(C)C)nc1. The van der Waals surface area contributed by atoms with Gasteiger partial charge in [0.05, 0.1) is 5.56 Å². The quantitative estimate of drug-likeness (QED) is 0.752. The van der Waals surface area contributed by atoms with Crippen molar-refractivity contribution in [2.45, 2.75) is 47.0 Å². The summed E-state index contributed by atoms with van der Waals surface area (Å²) in [5.41, 5.74) is 0.673. The van der Waals surface area contributed by atoms with E-state index < -0.39 is 0 Å². The maximum Gasteiger partial charge on any atom is 0.255 e. The van der Waals surface area contributed by atoms with Gasteiger partial charge in [-0.15, -0.1) is 0 Å². The largest absolute Gasteiger partial charge is 0.370 e. The third-order valence-corrected chi connectivity index (χ3v) is 3.31. The molecule has 0 aliphatic rings. The van der Waals surface area contributed by atoms with Crippen LogP contribution in [-0.4, -0.2) is 35.4 Å². The van der Waals surface area contributed by atoms with Crippen molar-refractivity contribution < 1.29 is 4.79 Å². The molecular formula is C17H29N3O. The molecule has 1 aromatic rings. The summed E-state index contributed by atoms with van der Waals surface area (Å²) in [6.45, 7) is 11.1. The van der Waals surface area contributed by atoms with Gasteiger partial charge in [0, 0.05) is 25.8 Å². The molecule has 1 heterocycles. The molecule has 0 spiro atoms. The Labute approximate surface area is 129 Å². The number of hydrogen-bond acceptors (Lipinski definition) is 3. The summed E-state index contributed by atoms with van der Waals surface area (Å²) in [5, 5.41) is 3.29. The number of hydrogen-bond donors (Lipinski definition) is 1. The van der Waals surface area contributed by atoms with Gasteiger partial charge in [0.15, 0.2) is 0 Å².